The maximum Gasteiger partial charge on any atom is 0.209 e. The van der Waals surface area contributed by atoms with Crippen molar-refractivity contribution >= 4 is 12.0 Å². The van der Waals surface area contributed by atoms with E-state index in [2.05, 4.69) is 11.6 Å². The second-order valence-electron chi connectivity index (χ2n) is 2.01. The molecule has 0 radical (unpaired) electrons. The van der Waals surface area contributed by atoms with Gasteiger partial charge in [-0.1, -0.05) is 6.58 Å². The number of allylic oxidation sites excluding steroid dienone is 1. The molecule has 0 atom stereocenters. The fraction of sp³-hybridized carbons (Fsp3) is 0.250. The summed E-state index contributed by atoms with van der Waals surface area (Å²) < 4.78 is 0. The third-order valence-corrected chi connectivity index (χ3v) is 1.01. The molecule has 0 rings (SSSR count). The Labute approximate surface area is 65.8 Å². The van der Waals surface area contributed by atoms with E-state index >= 15 is 0 Å². The van der Waals surface area contributed by atoms with Crippen LogP contribution in [0.2, 0.25) is 0 Å². The minimum atomic E-state index is -0.342. The van der Waals surface area contributed by atoms with E-state index in [1.54, 1.807) is 13.8 Å². The summed E-state index contributed by atoms with van der Waals surface area (Å²) in [7, 11) is 0. The van der Waals surface area contributed by atoms with Gasteiger partial charge in [0.15, 0.2) is 0 Å². The van der Waals surface area contributed by atoms with Gasteiger partial charge in [-0.05, 0) is 19.4 Å². The van der Waals surface area contributed by atoms with Gasteiger partial charge in [-0.25, -0.2) is 0 Å². The summed E-state index contributed by atoms with van der Waals surface area (Å²) in [5.74, 6) is -0.342. The average Bonchev–Trinajstić information content (AvgIpc) is 1.98. The minimum Gasteiger partial charge on any atom is -0.513 e. The van der Waals surface area contributed by atoms with Gasteiger partial charge in [0.1, 0.15) is 12.0 Å². The highest BCUT2D eigenvalue weighted by Crippen LogP contribution is 2.03. The zero-order valence-electron chi connectivity index (χ0n) is 6.66. The number of rotatable bonds is 3. The van der Waals surface area contributed by atoms with Crippen LogP contribution in [0.15, 0.2) is 29.1 Å². The van der Waals surface area contributed by atoms with Crippen LogP contribution in [0.3, 0.4) is 0 Å². The van der Waals surface area contributed by atoms with Crippen molar-refractivity contribution in [2.45, 2.75) is 13.8 Å². The number of aliphatic hydroxyl groups is 1. The summed E-state index contributed by atoms with van der Waals surface area (Å²) in [6.07, 6.45) is 2.11. The first-order chi connectivity index (χ1) is 5.13. The van der Waals surface area contributed by atoms with Gasteiger partial charge in [-0.15, -0.1) is 0 Å². The van der Waals surface area contributed by atoms with Crippen molar-refractivity contribution in [2.75, 3.05) is 0 Å². The standard InChI is InChI=1S/C8H11NO2/c1-4-9-7(5-10)8(11)6(2)3/h4-5,10H,2H2,1,3H3. The number of ketones is 1. The molecule has 0 saturated heterocycles. The van der Waals surface area contributed by atoms with Crippen LogP contribution in [-0.4, -0.2) is 17.1 Å². The average molecular weight is 153 g/mol. The molecule has 60 valence electrons. The van der Waals surface area contributed by atoms with E-state index in [1.807, 2.05) is 0 Å². The van der Waals surface area contributed by atoms with Crippen LogP contribution in [-0.2, 0) is 4.79 Å². The van der Waals surface area contributed by atoms with Gasteiger partial charge in [0.05, 0.1) is 0 Å². The smallest absolute Gasteiger partial charge is 0.209 e. The first-order valence-corrected chi connectivity index (χ1v) is 3.16. The third kappa shape index (κ3) is 2.80. The topological polar surface area (TPSA) is 49.7 Å². The highest BCUT2D eigenvalue weighted by Gasteiger charge is 2.07. The molecule has 0 bridgehead atoms. The number of nitrogens with zero attached hydrogens (tertiary/aromatic N) is 1. The molecule has 0 aromatic heterocycles. The molecule has 0 spiro atoms. The fourth-order valence-electron chi connectivity index (χ4n) is 0.508. The van der Waals surface area contributed by atoms with Crippen LogP contribution < -0.4 is 0 Å². The summed E-state index contributed by atoms with van der Waals surface area (Å²) in [6.45, 7) is 6.66. The second-order valence-corrected chi connectivity index (χ2v) is 2.01. The van der Waals surface area contributed by atoms with E-state index in [1.165, 1.54) is 6.21 Å². The van der Waals surface area contributed by atoms with Crippen molar-refractivity contribution in [3.05, 3.63) is 24.1 Å². The number of hydrogen-bond acceptors (Lipinski definition) is 3. The lowest BCUT2D eigenvalue weighted by Gasteiger charge is -1.95. The molecule has 0 aromatic carbocycles. The highest BCUT2D eigenvalue weighted by molar-refractivity contribution is 6.07. The molecular formula is C8H11NO2. The third-order valence-electron chi connectivity index (χ3n) is 1.01. The van der Waals surface area contributed by atoms with E-state index < -0.39 is 0 Å². The summed E-state index contributed by atoms with van der Waals surface area (Å²) in [5.41, 5.74) is 0.371. The Bertz CT molecular complexity index is 226. The van der Waals surface area contributed by atoms with Crippen molar-refractivity contribution in [1.82, 2.24) is 0 Å². The lowest BCUT2D eigenvalue weighted by molar-refractivity contribution is -0.112. The van der Waals surface area contributed by atoms with Gasteiger partial charge in [0, 0.05) is 6.21 Å². The molecule has 1 N–H and O–H groups in total. The number of carbonyl (C=O) groups excluding carboxylic acids is 1. The molecular weight excluding hydrogens is 142 g/mol. The number of aliphatic imine (C=N–C) groups is 1. The summed E-state index contributed by atoms with van der Waals surface area (Å²) in [6, 6.07) is 0. The molecule has 0 saturated carbocycles. The zero-order valence-corrected chi connectivity index (χ0v) is 6.66. The van der Waals surface area contributed by atoms with Gasteiger partial charge in [0.2, 0.25) is 5.78 Å². The molecule has 0 aliphatic rings. The molecule has 0 heterocycles. The van der Waals surface area contributed by atoms with Crippen LogP contribution in [0.5, 0.6) is 0 Å². The molecule has 0 amide bonds. The van der Waals surface area contributed by atoms with Crippen molar-refractivity contribution < 1.29 is 9.90 Å². The fourth-order valence-corrected chi connectivity index (χ4v) is 0.508. The van der Waals surface area contributed by atoms with Crippen molar-refractivity contribution in [3.63, 3.8) is 0 Å². The van der Waals surface area contributed by atoms with Crippen LogP contribution in [0.4, 0.5) is 0 Å². The molecule has 3 nitrogen and oxygen atoms in total. The van der Waals surface area contributed by atoms with E-state index in [0.717, 1.165) is 0 Å². The first-order valence-electron chi connectivity index (χ1n) is 3.16. The number of aliphatic hydroxyl groups excluding tert-OH is 1. The number of carbonyl (C=O) groups is 1. The summed E-state index contributed by atoms with van der Waals surface area (Å²) in [4.78, 5) is 14.7. The van der Waals surface area contributed by atoms with Crippen LogP contribution >= 0.6 is 0 Å². The van der Waals surface area contributed by atoms with Gasteiger partial charge < -0.3 is 5.11 Å². The Hall–Kier alpha value is -1.38. The van der Waals surface area contributed by atoms with Crippen molar-refractivity contribution in [3.8, 4) is 0 Å². The summed E-state index contributed by atoms with van der Waals surface area (Å²) >= 11 is 0. The minimum absolute atomic E-state index is 0.0139. The normalized spacial score (nSPS) is 12.0. The largest absolute Gasteiger partial charge is 0.513 e. The maximum atomic E-state index is 11.0. The van der Waals surface area contributed by atoms with Gasteiger partial charge in [0.25, 0.3) is 0 Å². The van der Waals surface area contributed by atoms with Crippen LogP contribution in [0, 0.1) is 0 Å². The zero-order chi connectivity index (χ0) is 8.85. The maximum absolute atomic E-state index is 11.0. The van der Waals surface area contributed by atoms with Gasteiger partial charge in [-0.2, -0.15) is 0 Å². The van der Waals surface area contributed by atoms with E-state index in [0.29, 0.717) is 11.8 Å². The summed E-state index contributed by atoms with van der Waals surface area (Å²) in [5, 5.41) is 8.54. The van der Waals surface area contributed by atoms with Gasteiger partial charge >= 0.3 is 0 Å². The van der Waals surface area contributed by atoms with E-state index in [4.69, 9.17) is 5.11 Å². The number of Topliss-reactive ketones (excluding diaryl/α,β-unsaturated/α-hetero) is 1. The number of hydrogen-bond donors (Lipinski definition) is 1. The van der Waals surface area contributed by atoms with Crippen LogP contribution in [0.25, 0.3) is 0 Å². The lowest BCUT2D eigenvalue weighted by atomic mass is 10.2. The highest BCUT2D eigenvalue weighted by atomic mass is 16.2. The molecule has 0 aliphatic carbocycles. The van der Waals surface area contributed by atoms with Gasteiger partial charge in [-0.3, -0.25) is 9.79 Å². The molecule has 0 unspecified atom stereocenters. The molecule has 0 fully saturated rings. The molecule has 11 heavy (non-hydrogen) atoms. The quantitative estimate of drug-likeness (QED) is 0.380. The Morgan fingerprint density at radius 1 is 1.64 bits per heavy atom. The Balaban J connectivity index is 4.55. The first kappa shape index (κ1) is 9.62. The van der Waals surface area contributed by atoms with E-state index in [9.17, 15) is 4.79 Å². The molecule has 0 aromatic rings. The van der Waals surface area contributed by atoms with Crippen molar-refractivity contribution in [1.29, 1.82) is 0 Å². The van der Waals surface area contributed by atoms with E-state index in [-0.39, 0.29) is 11.5 Å². The Morgan fingerprint density at radius 2 is 2.18 bits per heavy atom. The van der Waals surface area contributed by atoms with Crippen molar-refractivity contribution in [2.24, 2.45) is 4.99 Å². The Kier molecular flexibility index (Phi) is 3.88. The Morgan fingerprint density at radius 3 is 2.45 bits per heavy atom. The predicted octanol–water partition coefficient (Wildman–Crippen LogP) is 1.62. The monoisotopic (exact) mass is 153 g/mol. The second kappa shape index (κ2) is 4.44. The SMILES string of the molecule is C=C(C)C(=O)C(=CO)N=CC. The van der Waals surface area contributed by atoms with Crippen LogP contribution in [0.1, 0.15) is 13.8 Å². The molecule has 0 aliphatic heterocycles. The predicted molar refractivity (Wildman–Crippen MR) is 44.7 cm³/mol. The molecule has 3 heteroatoms. The lowest BCUT2D eigenvalue weighted by Crippen LogP contribution is -2.01.